The molecule has 0 aliphatic rings. The lowest BCUT2D eigenvalue weighted by molar-refractivity contribution is -0.385. The highest BCUT2D eigenvalue weighted by Crippen LogP contribution is 2.22. The average molecular weight is 393 g/mol. The van der Waals surface area contributed by atoms with E-state index >= 15 is 0 Å². The van der Waals surface area contributed by atoms with Crippen LogP contribution >= 0.6 is 0 Å². The molecule has 8 heteroatoms. The first-order valence-electron chi connectivity index (χ1n) is 8.86. The number of ether oxygens (including phenoxy) is 1. The minimum absolute atomic E-state index is 0.0996. The third-order valence-corrected chi connectivity index (χ3v) is 4.45. The molecule has 0 saturated heterocycles. The van der Waals surface area contributed by atoms with E-state index in [1.165, 1.54) is 25.1 Å². The Labute approximate surface area is 166 Å². The van der Waals surface area contributed by atoms with Crippen molar-refractivity contribution in [2.24, 2.45) is 0 Å². The first-order valence-corrected chi connectivity index (χ1v) is 8.86. The van der Waals surface area contributed by atoms with Gasteiger partial charge in [-0.05, 0) is 42.8 Å². The predicted molar refractivity (Wildman–Crippen MR) is 107 cm³/mol. The second-order valence-corrected chi connectivity index (χ2v) is 6.42. The highest BCUT2D eigenvalue weighted by molar-refractivity contribution is 5.97. The number of nitro groups is 1. The number of hydrogen-bond donors (Lipinski definition) is 2. The number of carbonyl (C=O) groups is 2. The van der Waals surface area contributed by atoms with Crippen molar-refractivity contribution in [3.05, 3.63) is 81.9 Å². The van der Waals surface area contributed by atoms with E-state index in [4.69, 9.17) is 4.74 Å². The number of nitrogens with zero attached hydrogens (tertiary/aromatic N) is 1. The third kappa shape index (κ3) is 4.49. The number of amides is 2. The van der Waals surface area contributed by atoms with Gasteiger partial charge in [-0.15, -0.1) is 0 Å². The van der Waals surface area contributed by atoms with Crippen molar-refractivity contribution in [3.8, 4) is 5.75 Å². The van der Waals surface area contributed by atoms with E-state index in [0.29, 0.717) is 5.75 Å². The number of nitro benzene ring substituents is 1. The summed E-state index contributed by atoms with van der Waals surface area (Å²) < 4.78 is 5.64. The van der Waals surface area contributed by atoms with Crippen LogP contribution in [0.25, 0.3) is 10.8 Å². The Morgan fingerprint density at radius 2 is 1.72 bits per heavy atom. The van der Waals surface area contributed by atoms with Gasteiger partial charge in [0.1, 0.15) is 5.75 Å². The van der Waals surface area contributed by atoms with Crippen LogP contribution < -0.4 is 15.6 Å². The summed E-state index contributed by atoms with van der Waals surface area (Å²) in [5, 5.41) is 13.0. The Morgan fingerprint density at radius 3 is 2.45 bits per heavy atom. The molecule has 29 heavy (non-hydrogen) atoms. The molecule has 2 N–H and O–H groups in total. The van der Waals surface area contributed by atoms with Crippen molar-refractivity contribution in [2.75, 3.05) is 0 Å². The van der Waals surface area contributed by atoms with Crippen LogP contribution in [0.4, 0.5) is 5.69 Å². The second kappa shape index (κ2) is 8.39. The Kier molecular flexibility index (Phi) is 5.73. The van der Waals surface area contributed by atoms with Crippen molar-refractivity contribution >= 4 is 28.3 Å². The van der Waals surface area contributed by atoms with Gasteiger partial charge in [0.2, 0.25) is 0 Å². The van der Waals surface area contributed by atoms with E-state index in [1.54, 1.807) is 13.0 Å². The van der Waals surface area contributed by atoms with Crippen molar-refractivity contribution in [3.63, 3.8) is 0 Å². The van der Waals surface area contributed by atoms with E-state index in [9.17, 15) is 19.7 Å². The van der Waals surface area contributed by atoms with Crippen molar-refractivity contribution in [2.45, 2.75) is 20.0 Å². The molecule has 0 spiro atoms. The molecule has 0 radical (unpaired) electrons. The molecule has 1 atom stereocenters. The average Bonchev–Trinajstić information content (AvgIpc) is 2.71. The highest BCUT2D eigenvalue weighted by atomic mass is 16.6. The van der Waals surface area contributed by atoms with Gasteiger partial charge in [0.05, 0.1) is 10.5 Å². The minimum Gasteiger partial charge on any atom is -0.481 e. The molecular weight excluding hydrogens is 374 g/mol. The number of rotatable bonds is 5. The van der Waals surface area contributed by atoms with Crippen LogP contribution in [0.3, 0.4) is 0 Å². The number of carbonyl (C=O) groups excluding carboxylic acids is 2. The lowest BCUT2D eigenvalue weighted by atomic mass is 10.1. The van der Waals surface area contributed by atoms with Crippen molar-refractivity contribution in [1.82, 2.24) is 10.9 Å². The largest absolute Gasteiger partial charge is 0.481 e. The highest BCUT2D eigenvalue weighted by Gasteiger charge is 2.20. The van der Waals surface area contributed by atoms with Gasteiger partial charge in [0, 0.05) is 11.6 Å². The first-order chi connectivity index (χ1) is 13.9. The summed E-state index contributed by atoms with van der Waals surface area (Å²) in [7, 11) is 0. The normalized spacial score (nSPS) is 11.5. The van der Waals surface area contributed by atoms with Gasteiger partial charge in [-0.1, -0.05) is 36.4 Å². The van der Waals surface area contributed by atoms with Crippen LogP contribution in [-0.4, -0.2) is 22.8 Å². The molecule has 148 valence electrons. The zero-order valence-electron chi connectivity index (χ0n) is 15.8. The number of hydrogen-bond acceptors (Lipinski definition) is 5. The minimum atomic E-state index is -0.873. The molecule has 0 heterocycles. The molecule has 0 saturated carbocycles. The van der Waals surface area contributed by atoms with Gasteiger partial charge in [-0.2, -0.15) is 0 Å². The second-order valence-electron chi connectivity index (χ2n) is 6.42. The maximum absolute atomic E-state index is 12.3. The molecule has 0 bridgehead atoms. The monoisotopic (exact) mass is 393 g/mol. The summed E-state index contributed by atoms with van der Waals surface area (Å²) in [6, 6.07) is 17.4. The Hall–Kier alpha value is -3.94. The van der Waals surface area contributed by atoms with Gasteiger partial charge in [-0.3, -0.25) is 30.6 Å². The van der Waals surface area contributed by atoms with Gasteiger partial charge < -0.3 is 4.74 Å². The summed E-state index contributed by atoms with van der Waals surface area (Å²) in [6.07, 6.45) is -0.873. The molecule has 3 aromatic rings. The summed E-state index contributed by atoms with van der Waals surface area (Å²) in [5.74, 6) is -0.695. The fourth-order valence-corrected chi connectivity index (χ4v) is 2.85. The molecule has 0 aliphatic carbocycles. The molecule has 2 amide bonds. The zero-order valence-corrected chi connectivity index (χ0v) is 15.8. The first kappa shape index (κ1) is 19.8. The van der Waals surface area contributed by atoms with Crippen LogP contribution in [0.5, 0.6) is 5.75 Å². The molecule has 0 aromatic heterocycles. The van der Waals surface area contributed by atoms with E-state index in [0.717, 1.165) is 10.8 Å². The molecule has 3 aromatic carbocycles. The quantitative estimate of drug-likeness (QED) is 0.510. The van der Waals surface area contributed by atoms with Crippen LogP contribution in [-0.2, 0) is 4.79 Å². The predicted octanol–water partition coefficient (Wildman–Crippen LogP) is 3.28. The number of nitrogens with one attached hydrogen (secondary N) is 2. The zero-order chi connectivity index (χ0) is 21.0. The Bertz CT molecular complexity index is 1100. The maximum Gasteiger partial charge on any atom is 0.279 e. The lowest BCUT2D eigenvalue weighted by Crippen LogP contribution is -2.47. The van der Waals surface area contributed by atoms with E-state index < -0.39 is 22.8 Å². The molecule has 8 nitrogen and oxygen atoms in total. The molecule has 1 unspecified atom stereocenters. The van der Waals surface area contributed by atoms with Crippen LogP contribution in [0.2, 0.25) is 0 Å². The Morgan fingerprint density at radius 1 is 1.00 bits per heavy atom. The van der Waals surface area contributed by atoms with Crippen LogP contribution in [0.1, 0.15) is 22.8 Å². The standard InChI is InChI=1S/C21H19N3O5/c1-13-18(8-5-9-19(13)24(27)28)21(26)23-22-20(25)14(2)29-17-11-10-15-6-3-4-7-16(15)12-17/h3-12,14H,1-2H3,(H,22,25)(H,23,26). The third-order valence-electron chi connectivity index (χ3n) is 4.45. The lowest BCUT2D eigenvalue weighted by Gasteiger charge is -2.16. The van der Waals surface area contributed by atoms with Gasteiger partial charge >= 0.3 is 0 Å². The van der Waals surface area contributed by atoms with Gasteiger partial charge in [0.25, 0.3) is 17.5 Å². The molecule has 3 rings (SSSR count). The molecule has 0 fully saturated rings. The van der Waals surface area contributed by atoms with Gasteiger partial charge in [-0.25, -0.2) is 0 Å². The maximum atomic E-state index is 12.3. The fraction of sp³-hybridized carbons (Fsp3) is 0.143. The van der Waals surface area contributed by atoms with Crippen molar-refractivity contribution < 1.29 is 19.2 Å². The fourth-order valence-electron chi connectivity index (χ4n) is 2.85. The van der Waals surface area contributed by atoms with E-state index in [-0.39, 0.29) is 16.8 Å². The molecule has 0 aliphatic heterocycles. The number of fused-ring (bicyclic) bond motifs is 1. The number of benzene rings is 3. The SMILES string of the molecule is Cc1c(C(=O)NNC(=O)C(C)Oc2ccc3ccccc3c2)cccc1[N+](=O)[O-]. The Balaban J connectivity index is 1.61. The van der Waals surface area contributed by atoms with Gasteiger partial charge in [0.15, 0.2) is 6.10 Å². The van der Waals surface area contributed by atoms with Crippen molar-refractivity contribution in [1.29, 1.82) is 0 Å². The summed E-state index contributed by atoms with van der Waals surface area (Å²) >= 11 is 0. The van der Waals surface area contributed by atoms with Crippen LogP contribution in [0.15, 0.2) is 60.7 Å². The summed E-state index contributed by atoms with van der Waals surface area (Å²) in [4.78, 5) is 35.0. The summed E-state index contributed by atoms with van der Waals surface area (Å²) in [5.41, 5.74) is 4.68. The van der Waals surface area contributed by atoms with Crippen LogP contribution in [0, 0.1) is 17.0 Å². The number of hydrazine groups is 1. The van der Waals surface area contributed by atoms with E-state index in [1.807, 2.05) is 36.4 Å². The smallest absolute Gasteiger partial charge is 0.279 e. The van der Waals surface area contributed by atoms with E-state index in [2.05, 4.69) is 10.9 Å². The topological polar surface area (TPSA) is 111 Å². The summed E-state index contributed by atoms with van der Waals surface area (Å²) in [6.45, 7) is 3.02. The molecular formula is C21H19N3O5.